The highest BCUT2D eigenvalue weighted by Gasteiger charge is 2.32. The normalized spacial score (nSPS) is 23.0. The van der Waals surface area contributed by atoms with Gasteiger partial charge in [-0.25, -0.2) is 8.42 Å². The van der Waals surface area contributed by atoms with Crippen molar-refractivity contribution in [2.24, 2.45) is 11.8 Å². The van der Waals surface area contributed by atoms with Gasteiger partial charge >= 0.3 is 0 Å². The number of carbonyl (C=O) groups is 1. The molecule has 7 heteroatoms. The first-order valence-electron chi connectivity index (χ1n) is 10.4. The van der Waals surface area contributed by atoms with Crippen LogP contribution in [-0.4, -0.2) is 26.4 Å². The molecule has 30 heavy (non-hydrogen) atoms. The first-order chi connectivity index (χ1) is 14.3. The molecule has 2 N–H and O–H groups in total. The van der Waals surface area contributed by atoms with Gasteiger partial charge in [0.2, 0.25) is 15.9 Å². The second-order valence-electron chi connectivity index (χ2n) is 8.20. The summed E-state index contributed by atoms with van der Waals surface area (Å²) in [5.74, 6) is 0.595. The largest absolute Gasteiger partial charge is 0.352 e. The smallest absolute Gasteiger partial charge is 0.241 e. The number of halogens is 1. The van der Waals surface area contributed by atoms with E-state index in [0.717, 1.165) is 24.8 Å². The fourth-order valence-electron chi connectivity index (χ4n) is 3.98. The van der Waals surface area contributed by atoms with E-state index in [4.69, 9.17) is 11.6 Å². The third-order valence-corrected chi connectivity index (χ3v) is 7.79. The number of amides is 1. The molecule has 0 unspecified atom stereocenters. The van der Waals surface area contributed by atoms with E-state index in [1.54, 1.807) is 0 Å². The summed E-state index contributed by atoms with van der Waals surface area (Å²) in [4.78, 5) is 13.3. The van der Waals surface area contributed by atoms with Gasteiger partial charge in [0.05, 0.1) is 4.90 Å². The van der Waals surface area contributed by atoms with Gasteiger partial charge in [0.25, 0.3) is 0 Å². The van der Waals surface area contributed by atoms with Crippen LogP contribution in [0.3, 0.4) is 0 Å². The van der Waals surface area contributed by atoms with E-state index in [1.807, 2.05) is 30.3 Å². The van der Waals surface area contributed by atoms with Crippen molar-refractivity contribution in [3.8, 4) is 0 Å². The average Bonchev–Trinajstić information content (AvgIpc) is 2.72. The second-order valence-corrected chi connectivity index (χ2v) is 10.4. The summed E-state index contributed by atoms with van der Waals surface area (Å²) in [7, 11) is -3.88. The molecule has 0 aromatic heterocycles. The summed E-state index contributed by atoms with van der Waals surface area (Å²) >= 11 is 5.88. The third kappa shape index (κ3) is 5.84. The van der Waals surface area contributed by atoms with Crippen molar-refractivity contribution >= 4 is 27.5 Å². The molecule has 1 amide bonds. The number of hydrogen-bond donors (Lipinski definition) is 2. The van der Waals surface area contributed by atoms with Crippen LogP contribution in [-0.2, 0) is 21.2 Å². The molecule has 1 aliphatic rings. The van der Waals surface area contributed by atoms with Crippen molar-refractivity contribution < 1.29 is 13.2 Å². The van der Waals surface area contributed by atoms with Crippen molar-refractivity contribution in [1.82, 2.24) is 10.0 Å². The van der Waals surface area contributed by atoms with E-state index >= 15 is 0 Å². The van der Waals surface area contributed by atoms with Gasteiger partial charge < -0.3 is 5.32 Å². The summed E-state index contributed by atoms with van der Waals surface area (Å²) in [6.07, 6.45) is 3.41. The molecular weight excluding hydrogens is 420 g/mol. The molecule has 3 rings (SSSR count). The van der Waals surface area contributed by atoms with Gasteiger partial charge in [0, 0.05) is 11.1 Å². The van der Waals surface area contributed by atoms with E-state index in [-0.39, 0.29) is 23.3 Å². The van der Waals surface area contributed by atoms with Gasteiger partial charge in [-0.1, -0.05) is 68.6 Å². The molecule has 1 saturated carbocycles. The highest BCUT2D eigenvalue weighted by Crippen LogP contribution is 2.29. The molecule has 0 heterocycles. The molecule has 4 atom stereocenters. The SMILES string of the molecule is C[C@H]1[C@H](C)CCC[C@@H]1NC(=O)[C@H](Cc1ccccc1)NS(=O)(=O)c1ccc(Cl)cc1. The van der Waals surface area contributed by atoms with Crippen molar-refractivity contribution in [2.75, 3.05) is 0 Å². The molecule has 0 bridgehead atoms. The van der Waals surface area contributed by atoms with E-state index < -0.39 is 16.1 Å². The number of carbonyl (C=O) groups excluding carboxylic acids is 1. The predicted molar refractivity (Wildman–Crippen MR) is 120 cm³/mol. The van der Waals surface area contributed by atoms with Crippen LogP contribution in [0.25, 0.3) is 0 Å². The minimum Gasteiger partial charge on any atom is -0.352 e. The Hall–Kier alpha value is -1.89. The van der Waals surface area contributed by atoms with Gasteiger partial charge in [-0.2, -0.15) is 4.72 Å². The van der Waals surface area contributed by atoms with Crippen molar-refractivity contribution in [3.05, 3.63) is 65.2 Å². The molecule has 1 fully saturated rings. The van der Waals surface area contributed by atoms with Gasteiger partial charge in [0.1, 0.15) is 6.04 Å². The molecule has 0 saturated heterocycles. The van der Waals surface area contributed by atoms with Crippen LogP contribution in [0.15, 0.2) is 59.5 Å². The minimum absolute atomic E-state index is 0.0551. The number of rotatable bonds is 7. The van der Waals surface area contributed by atoms with Gasteiger partial charge in [0.15, 0.2) is 0 Å². The first kappa shape index (κ1) is 22.8. The lowest BCUT2D eigenvalue weighted by Gasteiger charge is -2.35. The Morgan fingerprint density at radius 1 is 1.07 bits per heavy atom. The third-order valence-electron chi connectivity index (χ3n) is 6.05. The Morgan fingerprint density at radius 3 is 2.40 bits per heavy atom. The second kappa shape index (κ2) is 9.94. The van der Waals surface area contributed by atoms with Gasteiger partial charge in [-0.15, -0.1) is 0 Å². The van der Waals surface area contributed by atoms with Gasteiger partial charge in [-0.05, 0) is 54.5 Å². The molecule has 2 aromatic carbocycles. The predicted octanol–water partition coefficient (Wildman–Crippen LogP) is 4.17. The maximum absolute atomic E-state index is 13.2. The van der Waals surface area contributed by atoms with Crippen molar-refractivity contribution in [2.45, 2.75) is 56.5 Å². The summed E-state index contributed by atoms with van der Waals surface area (Å²) < 4.78 is 28.5. The lowest BCUT2D eigenvalue weighted by molar-refractivity contribution is -0.124. The zero-order valence-electron chi connectivity index (χ0n) is 17.3. The summed E-state index contributed by atoms with van der Waals surface area (Å²) in [6.45, 7) is 4.35. The maximum Gasteiger partial charge on any atom is 0.241 e. The summed E-state index contributed by atoms with van der Waals surface area (Å²) in [6, 6.07) is 14.5. The Morgan fingerprint density at radius 2 is 1.73 bits per heavy atom. The maximum atomic E-state index is 13.2. The summed E-state index contributed by atoms with van der Waals surface area (Å²) in [5, 5.41) is 3.57. The number of benzene rings is 2. The molecule has 1 aliphatic carbocycles. The number of nitrogens with one attached hydrogen (secondary N) is 2. The summed E-state index contributed by atoms with van der Waals surface area (Å²) in [5.41, 5.74) is 0.890. The lowest BCUT2D eigenvalue weighted by atomic mass is 9.78. The van der Waals surface area contributed by atoms with E-state index in [9.17, 15) is 13.2 Å². The average molecular weight is 449 g/mol. The van der Waals surface area contributed by atoms with Crippen LogP contribution in [0.5, 0.6) is 0 Å². The molecule has 0 radical (unpaired) electrons. The van der Waals surface area contributed by atoms with Crippen LogP contribution >= 0.6 is 11.6 Å². The monoisotopic (exact) mass is 448 g/mol. The fourth-order valence-corrected chi connectivity index (χ4v) is 5.30. The van der Waals surface area contributed by atoms with Crippen LogP contribution < -0.4 is 10.0 Å². The fraction of sp³-hybridized carbons (Fsp3) is 0.435. The minimum atomic E-state index is -3.88. The lowest BCUT2D eigenvalue weighted by Crippen LogP contribution is -2.53. The van der Waals surface area contributed by atoms with E-state index in [0.29, 0.717) is 16.9 Å². The van der Waals surface area contributed by atoms with Crippen molar-refractivity contribution in [3.63, 3.8) is 0 Å². The molecule has 0 aliphatic heterocycles. The van der Waals surface area contributed by atoms with E-state index in [2.05, 4.69) is 23.9 Å². The topological polar surface area (TPSA) is 75.3 Å². The van der Waals surface area contributed by atoms with Crippen molar-refractivity contribution in [1.29, 1.82) is 0 Å². The highest BCUT2D eigenvalue weighted by molar-refractivity contribution is 7.89. The molecule has 2 aromatic rings. The van der Waals surface area contributed by atoms with Crippen LogP contribution in [0.2, 0.25) is 5.02 Å². The standard InChI is InChI=1S/C23H29ClN2O3S/c1-16-7-6-10-21(17(16)2)25-23(27)22(15-18-8-4-3-5-9-18)26-30(28,29)20-13-11-19(24)12-14-20/h3-5,8-9,11-14,16-17,21-22,26H,6-7,10,15H2,1-2H3,(H,25,27)/t16-,17+,21+,22+/m1/s1. The highest BCUT2D eigenvalue weighted by atomic mass is 35.5. The Kier molecular flexibility index (Phi) is 7.55. The molecule has 5 nitrogen and oxygen atoms in total. The quantitative estimate of drug-likeness (QED) is 0.667. The number of sulfonamides is 1. The van der Waals surface area contributed by atoms with Crippen LogP contribution in [0.1, 0.15) is 38.7 Å². The first-order valence-corrected chi connectivity index (χ1v) is 12.2. The molecular formula is C23H29ClN2O3S. The van der Waals surface area contributed by atoms with Gasteiger partial charge in [-0.3, -0.25) is 4.79 Å². The Balaban J connectivity index is 1.80. The van der Waals surface area contributed by atoms with Crippen LogP contribution in [0.4, 0.5) is 0 Å². The zero-order valence-corrected chi connectivity index (χ0v) is 18.9. The zero-order chi connectivity index (χ0) is 21.7. The molecule has 0 spiro atoms. The Labute approximate surface area is 184 Å². The Bertz CT molecular complexity index is 948. The van der Waals surface area contributed by atoms with E-state index in [1.165, 1.54) is 24.3 Å². The van der Waals surface area contributed by atoms with Crippen LogP contribution in [0, 0.1) is 11.8 Å². The number of hydrogen-bond acceptors (Lipinski definition) is 3. The molecule has 162 valence electrons.